The van der Waals surface area contributed by atoms with Crippen LogP contribution in [0.4, 0.5) is 5.69 Å². The molecule has 1 aromatic carbocycles. The predicted molar refractivity (Wildman–Crippen MR) is 88.1 cm³/mol. The summed E-state index contributed by atoms with van der Waals surface area (Å²) in [6, 6.07) is 11.4. The number of anilines is 1. The number of rotatable bonds is 6. The van der Waals surface area contributed by atoms with Crippen LogP contribution in [0.3, 0.4) is 0 Å². The lowest BCUT2D eigenvalue weighted by atomic mass is 10.2. The van der Waals surface area contributed by atoms with E-state index in [-0.39, 0.29) is 5.91 Å². The number of para-hydroxylation sites is 1. The van der Waals surface area contributed by atoms with Crippen molar-refractivity contribution in [2.75, 3.05) is 10.6 Å². The summed E-state index contributed by atoms with van der Waals surface area (Å²) in [4.78, 5) is 15.3. The Morgan fingerprint density at radius 2 is 1.91 bits per heavy atom. The summed E-state index contributed by atoms with van der Waals surface area (Å²) in [5.41, 5.74) is 1.37. The number of hydrogen-bond donors (Lipinski definition) is 1. The van der Waals surface area contributed by atoms with Gasteiger partial charge in [-0.1, -0.05) is 18.2 Å². The van der Waals surface area contributed by atoms with E-state index in [4.69, 9.17) is 0 Å². The van der Waals surface area contributed by atoms with Crippen molar-refractivity contribution in [3.05, 3.63) is 60.4 Å². The van der Waals surface area contributed by atoms with E-state index in [0.717, 1.165) is 16.1 Å². The Kier molecular flexibility index (Phi) is 5.33. The second-order valence-electron chi connectivity index (χ2n) is 5.20. The molecule has 1 atom stereocenters. The van der Waals surface area contributed by atoms with Crippen molar-refractivity contribution in [1.82, 2.24) is 5.32 Å². The fraction of sp³-hybridized carbons (Fsp3) is 0.250. The monoisotopic (exact) mass is 334 g/mol. The number of carbonyl (C=O) groups excluding carboxylic acids is 1. The maximum Gasteiger partial charge on any atom is 0.243 e. The second kappa shape index (κ2) is 7.23. The van der Waals surface area contributed by atoms with Gasteiger partial charge in [0.25, 0.3) is 0 Å². The number of benzene rings is 1. The smallest absolute Gasteiger partial charge is 0.243 e. The number of aromatic nitrogens is 1. The molecule has 0 spiro atoms. The van der Waals surface area contributed by atoms with Crippen LogP contribution in [-0.4, -0.2) is 26.6 Å². The van der Waals surface area contributed by atoms with Crippen molar-refractivity contribution in [3.8, 4) is 0 Å². The molecule has 2 aromatic rings. The topological polar surface area (TPSA) is 80.6 Å². The summed E-state index contributed by atoms with van der Waals surface area (Å²) in [7, 11) is -3.58. The molecule has 6 nitrogen and oxygen atoms in total. The highest BCUT2D eigenvalue weighted by Gasteiger charge is 2.28. The van der Waals surface area contributed by atoms with Crippen LogP contribution in [0.2, 0.25) is 0 Å². The Bertz CT molecular complexity index is 749. The van der Waals surface area contributed by atoms with Crippen LogP contribution < -0.4 is 14.6 Å². The molecule has 0 aliphatic heterocycles. The first-order valence-electron chi connectivity index (χ1n) is 7.17. The number of H-pyrrole nitrogens is 1. The maximum atomic E-state index is 12.4. The van der Waals surface area contributed by atoms with Gasteiger partial charge in [-0.05, 0) is 25.1 Å². The van der Waals surface area contributed by atoms with E-state index in [9.17, 15) is 13.2 Å². The lowest BCUT2D eigenvalue weighted by Gasteiger charge is -2.28. The average molecular weight is 334 g/mol. The minimum atomic E-state index is -3.58. The average Bonchev–Trinajstić information content (AvgIpc) is 2.53. The lowest BCUT2D eigenvalue weighted by Crippen LogP contribution is -2.47. The van der Waals surface area contributed by atoms with E-state index in [2.05, 4.69) is 10.3 Å². The van der Waals surface area contributed by atoms with Gasteiger partial charge in [0.15, 0.2) is 12.4 Å². The van der Waals surface area contributed by atoms with Crippen molar-refractivity contribution in [2.24, 2.45) is 0 Å². The van der Waals surface area contributed by atoms with Crippen molar-refractivity contribution in [1.29, 1.82) is 0 Å². The van der Waals surface area contributed by atoms with Gasteiger partial charge in [0.1, 0.15) is 6.04 Å². The Hall–Kier alpha value is -2.41. The molecule has 0 bridgehead atoms. The number of nitrogens with zero attached hydrogens (tertiary/aromatic N) is 1. The highest BCUT2D eigenvalue weighted by molar-refractivity contribution is 7.92. The molecule has 23 heavy (non-hydrogen) atoms. The summed E-state index contributed by atoms with van der Waals surface area (Å²) < 4.78 is 25.3. The number of aromatic amines is 1. The number of carbonyl (C=O) groups is 1. The first kappa shape index (κ1) is 17.0. The molecule has 0 saturated carbocycles. The van der Waals surface area contributed by atoms with Crippen LogP contribution in [0, 0.1) is 0 Å². The Morgan fingerprint density at radius 3 is 2.48 bits per heavy atom. The van der Waals surface area contributed by atoms with Gasteiger partial charge in [-0.15, -0.1) is 0 Å². The van der Waals surface area contributed by atoms with Gasteiger partial charge in [-0.25, -0.2) is 13.4 Å². The Labute approximate surface area is 136 Å². The van der Waals surface area contributed by atoms with E-state index in [1.54, 1.807) is 49.6 Å². The molecule has 0 saturated heterocycles. The number of sulfonamides is 1. The largest absolute Gasteiger partial charge is 0.350 e. The Balaban J connectivity index is 2.14. The number of nitrogens with one attached hydrogen (secondary N) is 2. The van der Waals surface area contributed by atoms with Gasteiger partial charge >= 0.3 is 0 Å². The molecule has 1 aromatic heterocycles. The zero-order valence-electron chi connectivity index (χ0n) is 13.1. The highest BCUT2D eigenvalue weighted by atomic mass is 32.2. The Morgan fingerprint density at radius 1 is 1.22 bits per heavy atom. The van der Waals surface area contributed by atoms with Gasteiger partial charge < -0.3 is 5.32 Å². The third kappa shape index (κ3) is 4.53. The minimum Gasteiger partial charge on any atom is -0.350 e. The zero-order valence-corrected chi connectivity index (χ0v) is 13.9. The van der Waals surface area contributed by atoms with Crippen molar-refractivity contribution in [2.45, 2.75) is 19.5 Å². The molecule has 1 heterocycles. The first-order chi connectivity index (χ1) is 10.9. The van der Waals surface area contributed by atoms with Gasteiger partial charge in [-0.2, -0.15) is 0 Å². The maximum absolute atomic E-state index is 12.4. The molecule has 0 aliphatic carbocycles. The van der Waals surface area contributed by atoms with Crippen LogP contribution in [0.25, 0.3) is 0 Å². The van der Waals surface area contributed by atoms with Gasteiger partial charge in [0.05, 0.1) is 11.9 Å². The molecule has 0 fully saturated rings. The van der Waals surface area contributed by atoms with Crippen LogP contribution >= 0.6 is 0 Å². The van der Waals surface area contributed by atoms with Gasteiger partial charge in [0, 0.05) is 18.2 Å². The molecule has 1 unspecified atom stereocenters. The standard InChI is InChI=1S/C16H19N3O3S/c1-13(16(20)18-12-14-7-6-10-17-11-14)19(23(2,21)22)15-8-4-3-5-9-15/h3-11,13H,12H2,1-2H3,(H,18,20)/p+1. The third-order valence-corrected chi connectivity index (χ3v) is 4.58. The van der Waals surface area contributed by atoms with Crippen LogP contribution in [0.1, 0.15) is 12.5 Å². The molecular weight excluding hydrogens is 314 g/mol. The summed E-state index contributed by atoms with van der Waals surface area (Å²) in [5, 5.41) is 2.76. The van der Waals surface area contributed by atoms with Gasteiger partial charge in [0.2, 0.25) is 15.9 Å². The van der Waals surface area contributed by atoms with Crippen LogP contribution in [0.5, 0.6) is 0 Å². The van der Waals surface area contributed by atoms with Crippen molar-refractivity contribution >= 4 is 21.6 Å². The lowest BCUT2D eigenvalue weighted by molar-refractivity contribution is -0.378. The molecule has 0 aliphatic rings. The third-order valence-electron chi connectivity index (χ3n) is 3.34. The van der Waals surface area contributed by atoms with E-state index >= 15 is 0 Å². The zero-order chi connectivity index (χ0) is 16.9. The number of pyridine rings is 1. The molecule has 7 heteroatoms. The highest BCUT2D eigenvalue weighted by Crippen LogP contribution is 2.20. The molecular formula is C16H20N3O3S+. The van der Waals surface area contributed by atoms with Crippen molar-refractivity contribution in [3.63, 3.8) is 0 Å². The van der Waals surface area contributed by atoms with E-state index in [0.29, 0.717) is 12.2 Å². The predicted octanol–water partition coefficient (Wildman–Crippen LogP) is 0.972. The van der Waals surface area contributed by atoms with E-state index in [1.807, 2.05) is 12.1 Å². The second-order valence-corrected chi connectivity index (χ2v) is 7.06. The number of amides is 1. The SMILES string of the molecule is CC(C(=O)NCc1ccc[nH+]c1)N(c1ccccc1)S(C)(=O)=O. The normalized spacial score (nSPS) is 12.4. The summed E-state index contributed by atoms with van der Waals surface area (Å²) in [6.07, 6.45) is 4.64. The summed E-state index contributed by atoms with van der Waals surface area (Å²) in [6.45, 7) is 1.90. The molecule has 122 valence electrons. The fourth-order valence-electron chi connectivity index (χ4n) is 2.26. The van der Waals surface area contributed by atoms with Crippen LogP contribution in [-0.2, 0) is 21.4 Å². The molecule has 1 amide bonds. The number of hydrogen-bond acceptors (Lipinski definition) is 3. The van der Waals surface area contributed by atoms with E-state index < -0.39 is 16.1 Å². The van der Waals surface area contributed by atoms with Crippen LogP contribution in [0.15, 0.2) is 54.9 Å². The van der Waals surface area contributed by atoms with Crippen molar-refractivity contribution < 1.29 is 18.2 Å². The van der Waals surface area contributed by atoms with Gasteiger partial charge in [-0.3, -0.25) is 9.10 Å². The summed E-state index contributed by atoms with van der Waals surface area (Å²) >= 11 is 0. The minimum absolute atomic E-state index is 0.326. The molecule has 2 N–H and O–H groups in total. The molecule has 0 radical (unpaired) electrons. The molecule has 2 rings (SSSR count). The summed E-state index contributed by atoms with van der Waals surface area (Å²) in [5.74, 6) is -0.358. The quantitative estimate of drug-likeness (QED) is 0.855. The first-order valence-corrected chi connectivity index (χ1v) is 9.01. The fourth-order valence-corrected chi connectivity index (χ4v) is 3.44. The van der Waals surface area contributed by atoms with E-state index in [1.165, 1.54) is 0 Å².